The highest BCUT2D eigenvalue weighted by Gasteiger charge is 2.10. The van der Waals surface area contributed by atoms with Crippen LogP contribution in [0.15, 0.2) is 30.3 Å². The number of hydrogen-bond acceptors (Lipinski definition) is 3. The highest BCUT2D eigenvalue weighted by atomic mass is 35.5. The van der Waals surface area contributed by atoms with E-state index in [0.717, 1.165) is 0 Å². The largest absolute Gasteiger partial charge is 0.381 e. The molecule has 0 saturated heterocycles. The Balaban J connectivity index is 2.15. The normalized spacial score (nSPS) is 10.5. The molecule has 2 aromatic carbocycles. The molecular formula is C13H8Cl3FN2O2. The molecule has 0 amide bonds. The molecule has 0 heterocycles. The van der Waals surface area contributed by atoms with Crippen LogP contribution < -0.4 is 5.32 Å². The van der Waals surface area contributed by atoms with Gasteiger partial charge in [-0.1, -0.05) is 34.8 Å². The third-order valence-corrected chi connectivity index (χ3v) is 3.62. The van der Waals surface area contributed by atoms with Gasteiger partial charge in [0.15, 0.2) is 5.82 Å². The highest BCUT2D eigenvalue weighted by molar-refractivity contribution is 6.35. The zero-order chi connectivity index (χ0) is 15.6. The van der Waals surface area contributed by atoms with E-state index in [0.29, 0.717) is 11.3 Å². The summed E-state index contributed by atoms with van der Waals surface area (Å²) in [6.07, 6.45) is 0. The van der Waals surface area contributed by atoms with Crippen LogP contribution in [0.1, 0.15) is 5.56 Å². The number of benzene rings is 2. The molecule has 21 heavy (non-hydrogen) atoms. The number of nitrogens with zero attached hydrogens (tertiary/aromatic N) is 1. The molecule has 0 bridgehead atoms. The smallest absolute Gasteiger partial charge is 0.270 e. The van der Waals surface area contributed by atoms with E-state index in [9.17, 15) is 14.5 Å². The first-order valence-electron chi connectivity index (χ1n) is 5.69. The van der Waals surface area contributed by atoms with Gasteiger partial charge in [0.1, 0.15) is 0 Å². The second-order valence-corrected chi connectivity index (χ2v) is 5.36. The molecular weight excluding hydrogens is 342 g/mol. The van der Waals surface area contributed by atoms with E-state index >= 15 is 0 Å². The molecule has 0 unspecified atom stereocenters. The summed E-state index contributed by atoms with van der Waals surface area (Å²) in [5.74, 6) is -0.683. The van der Waals surface area contributed by atoms with Gasteiger partial charge in [0, 0.05) is 24.4 Å². The molecule has 0 aliphatic heterocycles. The third kappa shape index (κ3) is 3.75. The molecule has 0 saturated carbocycles. The van der Waals surface area contributed by atoms with E-state index in [2.05, 4.69) is 5.32 Å². The van der Waals surface area contributed by atoms with Gasteiger partial charge in [-0.05, 0) is 23.8 Å². The van der Waals surface area contributed by atoms with Crippen molar-refractivity contribution < 1.29 is 9.31 Å². The van der Waals surface area contributed by atoms with Crippen molar-refractivity contribution in [3.63, 3.8) is 0 Å². The summed E-state index contributed by atoms with van der Waals surface area (Å²) in [6.45, 7) is 0.287. The Hall–Kier alpha value is -1.56. The van der Waals surface area contributed by atoms with Crippen LogP contribution in [-0.4, -0.2) is 4.92 Å². The van der Waals surface area contributed by atoms with Crippen LogP contribution >= 0.6 is 34.8 Å². The average molecular weight is 350 g/mol. The van der Waals surface area contributed by atoms with Crippen LogP contribution in [0.3, 0.4) is 0 Å². The fourth-order valence-corrected chi connectivity index (χ4v) is 2.38. The van der Waals surface area contributed by atoms with Gasteiger partial charge < -0.3 is 5.32 Å². The first-order valence-corrected chi connectivity index (χ1v) is 6.83. The first-order chi connectivity index (χ1) is 9.88. The fraction of sp³-hybridized carbons (Fsp3) is 0.0769. The van der Waals surface area contributed by atoms with Crippen LogP contribution in [0.2, 0.25) is 15.1 Å². The maximum Gasteiger partial charge on any atom is 0.270 e. The maximum absolute atomic E-state index is 13.3. The van der Waals surface area contributed by atoms with Gasteiger partial charge in [0.25, 0.3) is 5.69 Å². The number of non-ortho nitro benzene ring substituents is 1. The van der Waals surface area contributed by atoms with Crippen LogP contribution in [0, 0.1) is 15.9 Å². The Labute approximate surface area is 134 Å². The predicted octanol–water partition coefficient (Wildman–Crippen LogP) is 5.31. The van der Waals surface area contributed by atoms with Gasteiger partial charge in [-0.15, -0.1) is 0 Å². The van der Waals surface area contributed by atoms with Crippen molar-refractivity contribution in [3.8, 4) is 0 Å². The van der Waals surface area contributed by atoms with Crippen molar-refractivity contribution in [1.29, 1.82) is 0 Å². The van der Waals surface area contributed by atoms with Crippen molar-refractivity contribution in [2.45, 2.75) is 6.54 Å². The second kappa shape index (κ2) is 6.47. The minimum Gasteiger partial charge on any atom is -0.381 e. The van der Waals surface area contributed by atoms with Crippen LogP contribution in [-0.2, 0) is 6.54 Å². The fourth-order valence-electron chi connectivity index (χ4n) is 1.65. The van der Waals surface area contributed by atoms with Gasteiger partial charge in [-0.2, -0.15) is 0 Å². The summed E-state index contributed by atoms with van der Waals surface area (Å²) in [6, 6.07) is 6.95. The summed E-state index contributed by atoms with van der Waals surface area (Å²) in [7, 11) is 0. The van der Waals surface area contributed by atoms with Gasteiger partial charge in [0.2, 0.25) is 0 Å². The number of nitro groups is 1. The topological polar surface area (TPSA) is 55.2 Å². The number of halogens is 4. The predicted molar refractivity (Wildman–Crippen MR) is 81.9 cm³/mol. The van der Waals surface area contributed by atoms with Gasteiger partial charge in [-0.25, -0.2) is 4.39 Å². The Kier molecular flexibility index (Phi) is 4.88. The van der Waals surface area contributed by atoms with Crippen molar-refractivity contribution in [1.82, 2.24) is 0 Å². The average Bonchev–Trinajstić information content (AvgIpc) is 2.43. The van der Waals surface area contributed by atoms with E-state index in [1.54, 1.807) is 6.07 Å². The SMILES string of the molecule is O=[N+]([O-])c1ccc(CNc2cc(Cl)c(F)c(Cl)c2)c(Cl)c1. The minimum atomic E-state index is -0.683. The zero-order valence-corrected chi connectivity index (χ0v) is 12.6. The number of hydrogen-bond donors (Lipinski definition) is 1. The highest BCUT2D eigenvalue weighted by Crippen LogP contribution is 2.28. The monoisotopic (exact) mass is 348 g/mol. The van der Waals surface area contributed by atoms with Gasteiger partial charge in [0.05, 0.1) is 20.0 Å². The van der Waals surface area contributed by atoms with E-state index in [-0.39, 0.29) is 27.3 Å². The third-order valence-electron chi connectivity index (χ3n) is 2.71. The molecule has 2 aromatic rings. The molecule has 4 nitrogen and oxygen atoms in total. The van der Waals surface area contributed by atoms with Crippen molar-refractivity contribution in [3.05, 3.63) is 66.9 Å². The van der Waals surface area contributed by atoms with E-state index in [4.69, 9.17) is 34.8 Å². The van der Waals surface area contributed by atoms with E-state index in [1.165, 1.54) is 24.3 Å². The molecule has 0 aliphatic carbocycles. The standard InChI is InChI=1S/C13H8Cl3FN2O2/c14-10-5-9(19(20)21)2-1-7(10)6-18-8-3-11(15)13(17)12(16)4-8/h1-5,18H,6H2. The molecule has 0 aromatic heterocycles. The zero-order valence-electron chi connectivity index (χ0n) is 10.4. The Morgan fingerprint density at radius 2 is 1.71 bits per heavy atom. The minimum absolute atomic E-state index is 0.0865. The molecule has 110 valence electrons. The lowest BCUT2D eigenvalue weighted by Gasteiger charge is -2.09. The quantitative estimate of drug-likeness (QED) is 0.462. The van der Waals surface area contributed by atoms with E-state index < -0.39 is 10.7 Å². The van der Waals surface area contributed by atoms with Crippen LogP contribution in [0.5, 0.6) is 0 Å². The molecule has 0 aliphatic rings. The molecule has 0 radical (unpaired) electrons. The Morgan fingerprint density at radius 1 is 1.10 bits per heavy atom. The summed E-state index contributed by atoms with van der Waals surface area (Å²) in [4.78, 5) is 10.1. The van der Waals surface area contributed by atoms with Crippen LogP contribution in [0.4, 0.5) is 15.8 Å². The summed E-state index contributed by atoms with van der Waals surface area (Å²) >= 11 is 17.3. The van der Waals surface area contributed by atoms with Crippen LogP contribution in [0.25, 0.3) is 0 Å². The lowest BCUT2D eigenvalue weighted by molar-refractivity contribution is -0.384. The van der Waals surface area contributed by atoms with Gasteiger partial charge in [-0.3, -0.25) is 10.1 Å². The molecule has 1 N–H and O–H groups in total. The number of nitro benzene ring substituents is 1. The molecule has 8 heteroatoms. The number of rotatable bonds is 4. The number of anilines is 1. The molecule has 0 fully saturated rings. The van der Waals surface area contributed by atoms with Gasteiger partial charge >= 0.3 is 0 Å². The molecule has 2 rings (SSSR count). The summed E-state index contributed by atoms with van der Waals surface area (Å²) in [5, 5.41) is 13.7. The first kappa shape index (κ1) is 15.8. The maximum atomic E-state index is 13.3. The lowest BCUT2D eigenvalue weighted by Crippen LogP contribution is -2.01. The van der Waals surface area contributed by atoms with E-state index in [1.807, 2.05) is 0 Å². The molecule has 0 spiro atoms. The van der Waals surface area contributed by atoms with Crippen molar-refractivity contribution in [2.24, 2.45) is 0 Å². The molecule has 0 atom stereocenters. The second-order valence-electron chi connectivity index (χ2n) is 4.14. The summed E-state index contributed by atoms with van der Waals surface area (Å²) < 4.78 is 13.3. The van der Waals surface area contributed by atoms with Crippen molar-refractivity contribution in [2.75, 3.05) is 5.32 Å². The Bertz CT molecular complexity index is 687. The van der Waals surface area contributed by atoms with Crippen molar-refractivity contribution >= 4 is 46.2 Å². The lowest BCUT2D eigenvalue weighted by atomic mass is 10.2. The Morgan fingerprint density at radius 3 is 2.24 bits per heavy atom. The number of nitrogens with one attached hydrogen (secondary N) is 1. The summed E-state index contributed by atoms with van der Waals surface area (Å²) in [5.41, 5.74) is 1.08.